The van der Waals surface area contributed by atoms with E-state index in [0.29, 0.717) is 11.5 Å². The minimum atomic E-state index is 0. The molecule has 5 aromatic carbocycles. The number of thiophene rings is 1. The number of hydrogen-bond acceptors (Lipinski definition) is 4. The molecule has 0 unspecified atom stereocenters. The zero-order valence-corrected chi connectivity index (χ0v) is 25.8. The predicted octanol–water partition coefficient (Wildman–Crippen LogP) is 9.89. The Morgan fingerprint density at radius 3 is 2.36 bits per heavy atom. The number of nitrogens with zero attached hydrogens (tertiary/aromatic N) is 4. The summed E-state index contributed by atoms with van der Waals surface area (Å²) < 4.78 is 13.3. The van der Waals surface area contributed by atoms with Gasteiger partial charge in [-0.05, 0) is 41.8 Å². The maximum absolute atomic E-state index is 6.42. The van der Waals surface area contributed by atoms with Gasteiger partial charge in [0.1, 0.15) is 5.65 Å². The minimum absolute atomic E-state index is 0. The molecule has 0 saturated heterocycles. The summed E-state index contributed by atoms with van der Waals surface area (Å²) in [6, 6.07) is 42.8. The number of fused-ring (bicyclic) bond motifs is 12. The van der Waals surface area contributed by atoms with Crippen LogP contribution in [0.3, 0.4) is 0 Å². The minimum Gasteiger partial charge on any atom is -0.503 e. The fourth-order valence-electron chi connectivity index (χ4n) is 6.58. The van der Waals surface area contributed by atoms with Crippen molar-refractivity contribution < 1.29 is 25.2 Å². The van der Waals surface area contributed by atoms with Crippen LogP contribution in [0.25, 0.3) is 75.1 Å². The number of pyridine rings is 2. The Balaban J connectivity index is 0.00000281. The van der Waals surface area contributed by atoms with E-state index in [4.69, 9.17) is 9.72 Å². The van der Waals surface area contributed by atoms with Crippen LogP contribution in [0.15, 0.2) is 122 Å². The van der Waals surface area contributed by atoms with Crippen molar-refractivity contribution in [1.82, 2.24) is 18.9 Å². The number of para-hydroxylation sites is 1. The normalized spacial score (nSPS) is 11.8. The summed E-state index contributed by atoms with van der Waals surface area (Å²) in [6.07, 6.45) is 5.66. The van der Waals surface area contributed by atoms with Crippen LogP contribution in [0.1, 0.15) is 0 Å². The van der Waals surface area contributed by atoms with Gasteiger partial charge in [0.05, 0.1) is 11.2 Å². The monoisotopic (exact) mass is 686 g/mol. The SMILES string of the molecule is [Pd+2].[c-]1c(Oc2[c-]c3c(cc2)c2ccccc2n2ccnc32)cccc1-n1c2cc3c(cc2c2cccnc21)sc1ccccc13. The predicted molar refractivity (Wildman–Crippen MR) is 179 cm³/mol. The first kappa shape index (κ1) is 26.4. The first-order valence-corrected chi connectivity index (χ1v) is 15.2. The van der Waals surface area contributed by atoms with Gasteiger partial charge in [0.15, 0.2) is 0 Å². The van der Waals surface area contributed by atoms with Crippen molar-refractivity contribution in [2.45, 2.75) is 0 Å². The average Bonchev–Trinajstić information content (AvgIpc) is 3.78. The van der Waals surface area contributed by atoms with E-state index in [1.54, 1.807) is 0 Å². The zero-order valence-electron chi connectivity index (χ0n) is 23.5. The second-order valence-electron chi connectivity index (χ2n) is 10.9. The van der Waals surface area contributed by atoms with Crippen molar-refractivity contribution in [2.75, 3.05) is 0 Å². The smallest absolute Gasteiger partial charge is 0.503 e. The molecule has 0 spiro atoms. The number of benzene rings is 5. The van der Waals surface area contributed by atoms with Gasteiger partial charge >= 0.3 is 20.4 Å². The molecule has 0 aliphatic carbocycles. The molecule has 10 aromatic rings. The molecule has 0 aliphatic heterocycles. The summed E-state index contributed by atoms with van der Waals surface area (Å²) in [7, 11) is 0. The van der Waals surface area contributed by atoms with Gasteiger partial charge in [0.25, 0.3) is 0 Å². The van der Waals surface area contributed by atoms with E-state index >= 15 is 0 Å². The molecule has 0 bridgehead atoms. The molecule has 45 heavy (non-hydrogen) atoms. The largest absolute Gasteiger partial charge is 2.00 e. The molecule has 0 saturated carbocycles. The second-order valence-corrected chi connectivity index (χ2v) is 12.0. The second kappa shape index (κ2) is 9.98. The van der Waals surface area contributed by atoms with Crippen molar-refractivity contribution >= 4 is 80.8 Å². The van der Waals surface area contributed by atoms with E-state index in [-0.39, 0.29) is 20.4 Å². The molecule has 0 fully saturated rings. The summed E-state index contributed by atoms with van der Waals surface area (Å²) >= 11 is 1.83. The zero-order chi connectivity index (χ0) is 28.8. The van der Waals surface area contributed by atoms with Crippen molar-refractivity contribution in [1.29, 1.82) is 0 Å². The van der Waals surface area contributed by atoms with Crippen LogP contribution in [-0.2, 0) is 20.4 Å². The number of aromatic nitrogens is 4. The van der Waals surface area contributed by atoms with Crippen LogP contribution in [-0.4, -0.2) is 18.9 Å². The molecule has 7 heteroatoms. The summed E-state index contributed by atoms with van der Waals surface area (Å²) in [5.41, 5.74) is 4.81. The van der Waals surface area contributed by atoms with E-state index in [0.717, 1.165) is 49.6 Å². The Bertz CT molecular complexity index is 2780. The van der Waals surface area contributed by atoms with E-state index < -0.39 is 0 Å². The molecule has 5 nitrogen and oxygen atoms in total. The first-order chi connectivity index (χ1) is 21.8. The topological polar surface area (TPSA) is 44.4 Å². The van der Waals surface area contributed by atoms with Gasteiger partial charge in [-0.3, -0.25) is 4.98 Å². The molecular formula is C38H20N4OPdS. The molecule has 0 atom stereocenters. The fourth-order valence-corrected chi connectivity index (χ4v) is 7.70. The van der Waals surface area contributed by atoms with Crippen molar-refractivity contribution in [3.05, 3.63) is 134 Å². The molecule has 0 N–H and O–H groups in total. The maximum atomic E-state index is 6.42. The first-order valence-electron chi connectivity index (χ1n) is 14.4. The Morgan fingerprint density at radius 2 is 1.40 bits per heavy atom. The number of rotatable bonds is 3. The van der Waals surface area contributed by atoms with Gasteiger partial charge in [-0.1, -0.05) is 58.9 Å². The molecule has 214 valence electrons. The van der Waals surface area contributed by atoms with Gasteiger partial charge in [-0.15, -0.1) is 41.7 Å². The third-order valence-electron chi connectivity index (χ3n) is 8.48. The number of hydrogen-bond donors (Lipinski definition) is 0. The fraction of sp³-hybridized carbons (Fsp3) is 0. The van der Waals surface area contributed by atoms with Crippen LogP contribution in [0.4, 0.5) is 0 Å². The summed E-state index contributed by atoms with van der Waals surface area (Å²) in [6.45, 7) is 0. The molecule has 10 rings (SSSR count). The van der Waals surface area contributed by atoms with E-state index in [1.807, 2.05) is 54.2 Å². The van der Waals surface area contributed by atoms with E-state index in [2.05, 4.69) is 105 Å². The van der Waals surface area contributed by atoms with Crippen LogP contribution in [0.5, 0.6) is 11.5 Å². The molecular weight excluding hydrogens is 667 g/mol. The van der Waals surface area contributed by atoms with Crippen LogP contribution in [0, 0.1) is 12.1 Å². The molecule has 0 amide bonds. The quantitative estimate of drug-likeness (QED) is 0.106. The molecule has 0 radical (unpaired) electrons. The van der Waals surface area contributed by atoms with Crippen LogP contribution < -0.4 is 4.74 Å². The average molecular weight is 687 g/mol. The van der Waals surface area contributed by atoms with Gasteiger partial charge in [-0.2, -0.15) is 6.07 Å². The third kappa shape index (κ3) is 3.89. The summed E-state index contributed by atoms with van der Waals surface area (Å²) in [5, 5.41) is 7.96. The van der Waals surface area contributed by atoms with Gasteiger partial charge in [-0.25, -0.2) is 4.98 Å². The Kier molecular flexibility index (Phi) is 5.85. The Hall–Kier alpha value is -5.06. The molecule has 5 heterocycles. The summed E-state index contributed by atoms with van der Waals surface area (Å²) in [4.78, 5) is 9.46. The Morgan fingerprint density at radius 1 is 0.578 bits per heavy atom. The van der Waals surface area contributed by atoms with E-state index in [9.17, 15) is 0 Å². The van der Waals surface area contributed by atoms with Crippen LogP contribution in [0.2, 0.25) is 0 Å². The standard InChI is InChI=1S/C38H20N4OS.Pd/c1-3-12-33-27(9-1)26-15-14-25(20-32(26)37-40-17-18-41(33)37)43-24-8-5-7-23(19-24)42-34-21-31-28-10-2-4-13-35(28)44-36(31)22-30(34)29-11-6-16-39-38(29)42;/h1-18,21-22H;/q-2;+2. The molecule has 5 aromatic heterocycles. The summed E-state index contributed by atoms with van der Waals surface area (Å²) in [5.74, 6) is 1.21. The molecule has 0 aliphatic rings. The van der Waals surface area contributed by atoms with Crippen LogP contribution >= 0.6 is 11.3 Å². The van der Waals surface area contributed by atoms with Gasteiger partial charge in [0, 0.05) is 66.6 Å². The van der Waals surface area contributed by atoms with Crippen molar-refractivity contribution in [3.63, 3.8) is 0 Å². The van der Waals surface area contributed by atoms with Crippen molar-refractivity contribution in [2.24, 2.45) is 0 Å². The van der Waals surface area contributed by atoms with E-state index in [1.165, 1.54) is 25.6 Å². The Labute approximate surface area is 274 Å². The van der Waals surface area contributed by atoms with Crippen molar-refractivity contribution in [3.8, 4) is 17.2 Å². The number of imidazole rings is 1. The third-order valence-corrected chi connectivity index (χ3v) is 9.61. The number of ether oxygens (including phenoxy) is 1. The van der Waals surface area contributed by atoms with Gasteiger partial charge in [0.2, 0.25) is 0 Å². The van der Waals surface area contributed by atoms with Gasteiger partial charge < -0.3 is 13.7 Å². The maximum Gasteiger partial charge on any atom is 2.00 e.